The predicted octanol–water partition coefficient (Wildman–Crippen LogP) is -3.60. The Hall–Kier alpha value is -1.80. The summed E-state index contributed by atoms with van der Waals surface area (Å²) in [6.45, 7) is 7.02. The maximum Gasteiger partial charge on any atom is 0.216 e. The van der Waals surface area contributed by atoms with E-state index < -0.39 is 0 Å². The third-order valence-corrected chi connectivity index (χ3v) is 7.81. The standard InChI is InChI=1S/C26H27ClN4OS.2ClH/c27-21-17-25-26(28-18-21)31(22-9-4-5-10-24(22)33-25)12-6-11-29-13-15-30(16-14-29)19-23(32)20-7-2-1-3-8-20;;/h1-5,7-10,17-18H,6,11-16,19H2;2*1H. The number of hydrogen-bond acceptors (Lipinski definition) is 4. The molecule has 1 fully saturated rings. The topological polar surface area (TPSA) is 42.1 Å². The van der Waals surface area contributed by atoms with Gasteiger partial charge in [0.1, 0.15) is 38.5 Å². The number of ketones is 1. The number of carbonyl (C=O) groups excluding carboxylic acids is 1. The minimum Gasteiger partial charge on any atom is -1.00 e. The fraction of sp³-hybridized carbons (Fsp3) is 0.308. The van der Waals surface area contributed by atoms with Gasteiger partial charge < -0.3 is 39.5 Å². The van der Waals surface area contributed by atoms with Crippen molar-refractivity contribution in [2.75, 3.05) is 50.7 Å². The number of nitrogens with one attached hydrogen (secondary N) is 2. The number of hydrogen-bond donors (Lipinski definition) is 2. The van der Waals surface area contributed by atoms with Crippen LogP contribution in [0.15, 0.2) is 76.7 Å². The molecule has 0 amide bonds. The molecule has 3 aromatic rings. The van der Waals surface area contributed by atoms with Crippen LogP contribution in [0.3, 0.4) is 0 Å². The molecule has 0 aliphatic carbocycles. The molecule has 0 bridgehead atoms. The first kappa shape index (κ1) is 27.8. The lowest BCUT2D eigenvalue weighted by molar-refractivity contribution is -1.01. The number of rotatable bonds is 7. The summed E-state index contributed by atoms with van der Waals surface area (Å²) >= 11 is 7.96. The van der Waals surface area contributed by atoms with Crippen molar-refractivity contribution in [3.8, 4) is 0 Å². The Morgan fingerprint density at radius 2 is 1.63 bits per heavy atom. The van der Waals surface area contributed by atoms with Crippen molar-refractivity contribution in [1.82, 2.24) is 4.98 Å². The van der Waals surface area contributed by atoms with Gasteiger partial charge in [-0.1, -0.05) is 65.8 Å². The molecule has 0 atom stereocenters. The van der Waals surface area contributed by atoms with Crippen LogP contribution in [0.4, 0.5) is 11.5 Å². The van der Waals surface area contributed by atoms with Crippen molar-refractivity contribution in [2.45, 2.75) is 16.2 Å². The van der Waals surface area contributed by atoms with Gasteiger partial charge in [-0.15, -0.1) is 0 Å². The summed E-state index contributed by atoms with van der Waals surface area (Å²) in [5.41, 5.74) is 2.06. The van der Waals surface area contributed by atoms with Crippen LogP contribution in [0.1, 0.15) is 16.8 Å². The van der Waals surface area contributed by atoms with E-state index in [9.17, 15) is 4.79 Å². The Kier molecular flexibility index (Phi) is 10.3. The number of para-hydroxylation sites is 1. The summed E-state index contributed by atoms with van der Waals surface area (Å²) in [6, 6.07) is 20.2. The number of pyridine rings is 1. The highest BCUT2D eigenvalue weighted by atomic mass is 35.5. The number of carbonyl (C=O) groups is 1. The monoisotopic (exact) mass is 550 g/mol. The number of aromatic nitrogens is 1. The molecule has 0 radical (unpaired) electrons. The summed E-state index contributed by atoms with van der Waals surface area (Å²) < 4.78 is 0. The maximum atomic E-state index is 12.5. The number of fused-ring (bicyclic) bond motifs is 2. The van der Waals surface area contributed by atoms with Crippen LogP contribution in [0, 0.1) is 0 Å². The van der Waals surface area contributed by atoms with Gasteiger partial charge in [0, 0.05) is 29.6 Å². The molecule has 9 heteroatoms. The van der Waals surface area contributed by atoms with Gasteiger partial charge in [0.25, 0.3) is 0 Å². The number of quaternary nitrogens is 2. The average molecular weight is 552 g/mol. The maximum absolute atomic E-state index is 12.5. The normalized spacial score (nSPS) is 18.5. The smallest absolute Gasteiger partial charge is 0.216 e. The SMILES string of the molecule is O=C(C[NH+]1CC[NH+](CCCN2c3ccccc3Sc3cc(Cl)cnc32)CC1)c1ccccc1.[Cl-].[Cl-]. The van der Waals surface area contributed by atoms with E-state index in [0.717, 1.165) is 62.0 Å². The molecule has 3 heterocycles. The number of piperazine rings is 1. The Morgan fingerprint density at radius 3 is 2.40 bits per heavy atom. The largest absolute Gasteiger partial charge is 1.00 e. The van der Waals surface area contributed by atoms with Crippen LogP contribution in [0.25, 0.3) is 0 Å². The van der Waals surface area contributed by atoms with Crippen molar-refractivity contribution < 1.29 is 39.4 Å². The van der Waals surface area contributed by atoms with Gasteiger partial charge in [-0.2, -0.15) is 0 Å². The molecule has 2 aliphatic heterocycles. The zero-order valence-corrected chi connectivity index (χ0v) is 22.4. The van der Waals surface area contributed by atoms with Gasteiger partial charge >= 0.3 is 0 Å². The lowest BCUT2D eigenvalue weighted by Gasteiger charge is -2.33. The average Bonchev–Trinajstić information content (AvgIpc) is 2.85. The molecule has 2 aromatic carbocycles. The summed E-state index contributed by atoms with van der Waals surface area (Å²) in [6.07, 6.45) is 2.84. The van der Waals surface area contributed by atoms with E-state index in [0.29, 0.717) is 11.6 Å². The molecule has 0 saturated carbocycles. The number of halogens is 3. The first-order valence-corrected chi connectivity index (χ1v) is 12.8. The van der Waals surface area contributed by atoms with Crippen molar-refractivity contribution in [3.05, 3.63) is 77.4 Å². The van der Waals surface area contributed by atoms with Gasteiger partial charge in [0.15, 0.2) is 0 Å². The van der Waals surface area contributed by atoms with E-state index in [-0.39, 0.29) is 30.6 Å². The van der Waals surface area contributed by atoms with Gasteiger partial charge in [-0.05, 0) is 18.2 Å². The molecule has 5 nitrogen and oxygen atoms in total. The van der Waals surface area contributed by atoms with E-state index in [2.05, 4.69) is 34.1 Å². The molecular weight excluding hydrogens is 523 g/mol. The summed E-state index contributed by atoms with van der Waals surface area (Å²) in [5.74, 6) is 1.26. The second-order valence-electron chi connectivity index (χ2n) is 8.77. The molecular formula is C26H29Cl3N4OS. The predicted molar refractivity (Wildman–Crippen MR) is 133 cm³/mol. The lowest BCUT2D eigenvalue weighted by Crippen LogP contribution is -3.28. The Balaban J connectivity index is 0.00000171. The van der Waals surface area contributed by atoms with Crippen LogP contribution in [-0.2, 0) is 0 Å². The Morgan fingerprint density at radius 1 is 0.943 bits per heavy atom. The summed E-state index contributed by atoms with van der Waals surface area (Å²) in [4.78, 5) is 24.9. The molecule has 2 aliphatic rings. The fourth-order valence-corrected chi connectivity index (χ4v) is 6.07. The third-order valence-electron chi connectivity index (χ3n) is 6.51. The van der Waals surface area contributed by atoms with Gasteiger partial charge in [0.05, 0.1) is 22.2 Å². The Bertz CT molecular complexity index is 1130. The molecule has 5 rings (SSSR count). The molecule has 2 N–H and O–H groups in total. The zero-order valence-electron chi connectivity index (χ0n) is 19.4. The molecule has 186 valence electrons. The first-order valence-electron chi connectivity index (χ1n) is 11.6. The summed E-state index contributed by atoms with van der Waals surface area (Å²) in [7, 11) is 0. The van der Waals surface area contributed by atoms with Crippen molar-refractivity contribution in [1.29, 1.82) is 0 Å². The fourth-order valence-electron chi connectivity index (χ4n) is 4.74. The van der Waals surface area contributed by atoms with Gasteiger partial charge in [-0.3, -0.25) is 4.79 Å². The number of nitrogens with zero attached hydrogens (tertiary/aromatic N) is 2. The van der Waals surface area contributed by atoms with E-state index in [1.54, 1.807) is 22.9 Å². The third kappa shape index (κ3) is 6.70. The van der Waals surface area contributed by atoms with Crippen LogP contribution in [0.5, 0.6) is 0 Å². The molecule has 1 aromatic heterocycles. The lowest BCUT2D eigenvalue weighted by atomic mass is 10.1. The molecule has 0 spiro atoms. The van der Waals surface area contributed by atoms with Crippen molar-refractivity contribution >= 4 is 40.7 Å². The molecule has 1 saturated heterocycles. The first-order chi connectivity index (χ1) is 16.2. The van der Waals surface area contributed by atoms with E-state index in [4.69, 9.17) is 11.6 Å². The highest BCUT2D eigenvalue weighted by molar-refractivity contribution is 7.99. The van der Waals surface area contributed by atoms with Crippen LogP contribution in [0.2, 0.25) is 5.02 Å². The number of anilines is 2. The molecule has 35 heavy (non-hydrogen) atoms. The summed E-state index contributed by atoms with van der Waals surface area (Å²) in [5, 5.41) is 0.677. The highest BCUT2D eigenvalue weighted by Crippen LogP contribution is 2.47. The second-order valence-corrected chi connectivity index (χ2v) is 10.3. The van der Waals surface area contributed by atoms with Crippen LogP contribution >= 0.6 is 23.4 Å². The Labute approximate surface area is 228 Å². The second kappa shape index (κ2) is 12.9. The van der Waals surface area contributed by atoms with Gasteiger partial charge in [-0.25, -0.2) is 4.98 Å². The zero-order chi connectivity index (χ0) is 22.6. The quantitative estimate of drug-likeness (QED) is 0.298. The van der Waals surface area contributed by atoms with Gasteiger partial charge in [0.2, 0.25) is 5.78 Å². The van der Waals surface area contributed by atoms with E-state index in [1.165, 1.54) is 15.5 Å². The number of benzene rings is 2. The van der Waals surface area contributed by atoms with E-state index >= 15 is 0 Å². The van der Waals surface area contributed by atoms with Crippen molar-refractivity contribution in [2.24, 2.45) is 0 Å². The van der Waals surface area contributed by atoms with Crippen molar-refractivity contribution in [3.63, 3.8) is 0 Å². The minimum absolute atomic E-state index is 0. The highest BCUT2D eigenvalue weighted by Gasteiger charge is 2.27. The number of Topliss-reactive ketones (excluding diaryl/α,β-unsaturated/α-hetero) is 1. The molecule has 0 unspecified atom stereocenters. The van der Waals surface area contributed by atoms with Crippen LogP contribution < -0.4 is 39.5 Å². The minimum atomic E-state index is 0. The van der Waals surface area contributed by atoms with Crippen LogP contribution in [-0.4, -0.2) is 56.6 Å². The van der Waals surface area contributed by atoms with E-state index in [1.807, 2.05) is 36.4 Å².